The van der Waals surface area contributed by atoms with Gasteiger partial charge in [0, 0.05) is 94.1 Å². The Hall–Kier alpha value is -5.32. The van der Waals surface area contributed by atoms with E-state index in [0.717, 1.165) is 129 Å². The number of rotatable bonds is 14. The summed E-state index contributed by atoms with van der Waals surface area (Å²) in [5.74, 6) is 1.56. The van der Waals surface area contributed by atoms with E-state index in [1.54, 1.807) is 7.11 Å². The third-order valence-electron chi connectivity index (χ3n) is 15.2. The molecular formula is C54H65ClFN9O4S. The molecule has 4 aliphatic heterocycles. The lowest BCUT2D eigenvalue weighted by atomic mass is 9.87. The Morgan fingerprint density at radius 2 is 1.71 bits per heavy atom. The number of carbonyl (C=O) groups excluding carboxylic acids is 3. The van der Waals surface area contributed by atoms with E-state index in [4.69, 9.17) is 16.3 Å². The minimum atomic E-state index is -0.459. The van der Waals surface area contributed by atoms with Crippen LogP contribution in [0.1, 0.15) is 91.3 Å². The number of aryl methyl sites for hydroxylation is 1. The number of imidazole rings is 1. The number of carbonyl (C=O) groups is 3. The number of ether oxygens (including phenoxy) is 1. The van der Waals surface area contributed by atoms with Gasteiger partial charge in [0.25, 0.3) is 5.91 Å². The van der Waals surface area contributed by atoms with Crippen molar-refractivity contribution in [3.63, 3.8) is 0 Å². The molecule has 2 aromatic heterocycles. The molecule has 0 aliphatic carbocycles. The number of anilines is 2. The Kier molecular flexibility index (Phi) is 15.9. The predicted molar refractivity (Wildman–Crippen MR) is 279 cm³/mol. The number of amides is 2. The van der Waals surface area contributed by atoms with Gasteiger partial charge in [-0.2, -0.15) is 0 Å². The van der Waals surface area contributed by atoms with E-state index in [-0.39, 0.29) is 49.1 Å². The minimum absolute atomic E-state index is 0.0455. The number of hydrogen-bond acceptors (Lipinski definition) is 11. The summed E-state index contributed by atoms with van der Waals surface area (Å²) < 4.78 is 20.9. The van der Waals surface area contributed by atoms with Crippen molar-refractivity contribution in [2.24, 2.45) is 5.92 Å². The number of halogens is 2. The molecule has 9 rings (SSSR count). The number of hydrogen-bond donors (Lipinski definition) is 2. The zero-order valence-electron chi connectivity index (χ0n) is 40.8. The number of aromatic nitrogens is 3. The number of piperidine rings is 2. The van der Waals surface area contributed by atoms with Crippen LogP contribution >= 0.6 is 23.9 Å². The molecule has 6 heterocycles. The number of Topliss-reactive ketones (excluding diaryl/α,β-unsaturated/α-hetero) is 1. The lowest BCUT2D eigenvalue weighted by Crippen LogP contribution is -2.49. The highest BCUT2D eigenvalue weighted by Crippen LogP contribution is 2.35. The number of nitrogens with zero attached hydrogens (tertiary/aromatic N) is 7. The van der Waals surface area contributed by atoms with Gasteiger partial charge in [-0.15, -0.1) is 3.89 Å². The van der Waals surface area contributed by atoms with Crippen LogP contribution in [0.2, 0.25) is 5.02 Å². The van der Waals surface area contributed by atoms with E-state index in [1.807, 2.05) is 72.6 Å². The maximum Gasteiger partial charge on any atom is 0.253 e. The highest BCUT2D eigenvalue weighted by molar-refractivity contribution is 7.93. The van der Waals surface area contributed by atoms with Gasteiger partial charge in [-0.3, -0.25) is 29.2 Å². The number of nitrogens with one attached hydrogen (secondary N) is 2. The van der Waals surface area contributed by atoms with Crippen molar-refractivity contribution in [2.45, 2.75) is 83.9 Å². The summed E-state index contributed by atoms with van der Waals surface area (Å²) in [6, 6.07) is 22.1. The number of likely N-dealkylation sites (tertiary alicyclic amines) is 2. The molecule has 4 aliphatic rings. The van der Waals surface area contributed by atoms with Crippen LogP contribution in [0.3, 0.4) is 0 Å². The van der Waals surface area contributed by atoms with Gasteiger partial charge in [0.1, 0.15) is 18.5 Å². The van der Waals surface area contributed by atoms with E-state index >= 15 is 0 Å². The second kappa shape index (κ2) is 22.4. The average Bonchev–Trinajstić information content (AvgIpc) is 3.65. The summed E-state index contributed by atoms with van der Waals surface area (Å²) in [5, 5.41) is 6.60. The van der Waals surface area contributed by atoms with Gasteiger partial charge in [-0.1, -0.05) is 41.4 Å². The fraction of sp³-hybridized carbons (Fsp3) is 0.463. The molecule has 0 saturated carbocycles. The number of pyridine rings is 1. The lowest BCUT2D eigenvalue weighted by Gasteiger charge is -2.40. The van der Waals surface area contributed by atoms with Crippen molar-refractivity contribution in [1.29, 1.82) is 0 Å². The number of ketones is 1. The topological polar surface area (TPSA) is 128 Å². The standard InChI is InChI=1S/C54H65ClFN9O4S/c1-35(29-46-36(2)57-20-15-45(46)42-9-12-48-51(30-42)65(70-56)52(60-48)34-69-4)37(3)62-23-18-40(19-24-62)39-5-7-41(8-6-39)54(68)64-21-16-38(17-22-64)33-61-25-27-63(28-26-61)50-14-10-43(31-47(50)55)59-49-13-11-44(66)32-58-53(49)67/h5-10,12,14-15,20,29-31,37-38,40,49,59H,11,13,16-19,21-28,32-34H2,1-4H3,(H,58,67)/b35-29+. The maximum atomic E-state index is 14.1. The summed E-state index contributed by atoms with van der Waals surface area (Å²) in [4.78, 5) is 56.6. The molecule has 3 aromatic carbocycles. The van der Waals surface area contributed by atoms with Crippen LogP contribution in [0.4, 0.5) is 15.3 Å². The van der Waals surface area contributed by atoms with Crippen LogP contribution in [0.15, 0.2) is 78.5 Å². The number of piperazine rings is 1. The Morgan fingerprint density at radius 1 is 0.957 bits per heavy atom. The third kappa shape index (κ3) is 11.2. The van der Waals surface area contributed by atoms with Crippen molar-refractivity contribution in [3.05, 3.63) is 112 Å². The summed E-state index contributed by atoms with van der Waals surface area (Å²) in [6.45, 7) is 15.1. The van der Waals surface area contributed by atoms with Crippen LogP contribution in [-0.4, -0.2) is 131 Å². The molecule has 4 fully saturated rings. The first-order valence-electron chi connectivity index (χ1n) is 24.9. The molecule has 0 radical (unpaired) electrons. The second-order valence-electron chi connectivity index (χ2n) is 19.6. The maximum absolute atomic E-state index is 14.1. The molecule has 0 bridgehead atoms. The summed E-state index contributed by atoms with van der Waals surface area (Å²) >= 11 is 6.92. The molecule has 370 valence electrons. The van der Waals surface area contributed by atoms with Crippen molar-refractivity contribution >= 4 is 70.0 Å². The largest absolute Gasteiger partial charge is 0.377 e. The Labute approximate surface area is 420 Å². The van der Waals surface area contributed by atoms with Gasteiger partial charge in [-0.25, -0.2) is 8.96 Å². The van der Waals surface area contributed by atoms with Crippen LogP contribution in [0.25, 0.3) is 28.2 Å². The van der Waals surface area contributed by atoms with Gasteiger partial charge in [-0.05, 0) is 143 Å². The SMILES string of the molecule is COCc1nc2ccc(-c3ccnc(C)c3/C=C(\C)C(C)N3CCC(c4ccc(C(=O)N5CCC(CN6CCN(c7ccc(NC8CCC(=O)CNC8=O)cc7Cl)CC6)CC5)cc4)CC3)cc2n1SF. The van der Waals surface area contributed by atoms with Crippen molar-refractivity contribution in [2.75, 3.05) is 82.8 Å². The molecule has 2 atom stereocenters. The monoisotopic (exact) mass is 989 g/mol. The van der Waals surface area contributed by atoms with E-state index in [2.05, 4.69) is 67.4 Å². The summed E-state index contributed by atoms with van der Waals surface area (Å²) in [5.41, 5.74) is 10.6. The highest BCUT2D eigenvalue weighted by atomic mass is 35.5. The van der Waals surface area contributed by atoms with E-state index in [0.29, 0.717) is 41.0 Å². The Balaban J connectivity index is 0.722. The predicted octanol–water partition coefficient (Wildman–Crippen LogP) is 9.19. The van der Waals surface area contributed by atoms with Crippen LogP contribution in [0.5, 0.6) is 0 Å². The zero-order chi connectivity index (χ0) is 48.9. The van der Waals surface area contributed by atoms with Gasteiger partial charge in [0.2, 0.25) is 5.91 Å². The molecule has 4 saturated heterocycles. The molecule has 0 spiro atoms. The molecule has 5 aromatic rings. The fourth-order valence-corrected chi connectivity index (χ4v) is 11.5. The first-order chi connectivity index (χ1) is 34.0. The van der Waals surface area contributed by atoms with Crippen LogP contribution in [-0.2, 0) is 20.9 Å². The van der Waals surface area contributed by atoms with Gasteiger partial charge < -0.3 is 25.2 Å². The molecule has 2 unspecified atom stereocenters. The number of methoxy groups -OCH3 is 1. The van der Waals surface area contributed by atoms with Gasteiger partial charge in [0.15, 0.2) is 18.1 Å². The molecular weight excluding hydrogens is 925 g/mol. The first kappa shape index (κ1) is 49.7. The van der Waals surface area contributed by atoms with E-state index in [9.17, 15) is 18.3 Å². The molecule has 70 heavy (non-hydrogen) atoms. The molecule has 2 amide bonds. The smallest absolute Gasteiger partial charge is 0.253 e. The highest BCUT2D eigenvalue weighted by Gasteiger charge is 2.30. The Bertz CT molecular complexity index is 2710. The second-order valence-corrected chi connectivity index (χ2v) is 20.5. The number of benzene rings is 3. The average molecular weight is 991 g/mol. The molecule has 13 nitrogen and oxygen atoms in total. The quantitative estimate of drug-likeness (QED) is 0.111. The zero-order valence-corrected chi connectivity index (χ0v) is 42.3. The Morgan fingerprint density at radius 3 is 2.43 bits per heavy atom. The third-order valence-corrected chi connectivity index (χ3v) is 16.0. The van der Waals surface area contributed by atoms with E-state index < -0.39 is 6.04 Å². The van der Waals surface area contributed by atoms with Gasteiger partial charge >= 0.3 is 0 Å². The summed E-state index contributed by atoms with van der Waals surface area (Å²) in [6.07, 6.45) is 9.07. The van der Waals surface area contributed by atoms with Crippen molar-refractivity contribution in [1.82, 2.24) is 34.0 Å². The lowest BCUT2D eigenvalue weighted by molar-refractivity contribution is -0.123. The minimum Gasteiger partial charge on any atom is -0.377 e. The van der Waals surface area contributed by atoms with Crippen LogP contribution < -0.4 is 15.5 Å². The van der Waals surface area contributed by atoms with Crippen molar-refractivity contribution < 1.29 is 23.0 Å². The normalized spacial score (nSPS) is 19.9. The fourth-order valence-electron chi connectivity index (χ4n) is 10.8. The van der Waals surface area contributed by atoms with Gasteiger partial charge in [0.05, 0.1) is 28.3 Å². The number of fused-ring (bicyclic) bond motifs is 1. The van der Waals surface area contributed by atoms with Crippen LogP contribution in [0, 0.1) is 12.8 Å². The molecule has 16 heteroatoms. The van der Waals surface area contributed by atoms with E-state index in [1.165, 1.54) is 15.1 Å². The first-order valence-corrected chi connectivity index (χ1v) is 25.9. The molecule has 2 N–H and O–H groups in total. The summed E-state index contributed by atoms with van der Waals surface area (Å²) in [7, 11) is 1.58. The van der Waals surface area contributed by atoms with Crippen molar-refractivity contribution in [3.8, 4) is 11.1 Å².